The van der Waals surface area contributed by atoms with E-state index in [0.717, 1.165) is 5.56 Å². The monoisotopic (exact) mass is 330 g/mol. The van der Waals surface area contributed by atoms with Gasteiger partial charge in [0.15, 0.2) is 0 Å². The molecule has 0 spiro atoms. The highest BCUT2D eigenvalue weighted by atomic mass is 32.2. The molecule has 1 aromatic carbocycles. The second kappa shape index (κ2) is 7.84. The molecule has 7 heteroatoms. The first-order valence-corrected chi connectivity index (χ1v) is 8.70. The first-order chi connectivity index (χ1) is 9.81. The lowest BCUT2D eigenvalue weighted by Crippen LogP contribution is -2.41. The van der Waals surface area contributed by atoms with Crippen LogP contribution in [0.4, 0.5) is 0 Å². The van der Waals surface area contributed by atoms with Crippen LogP contribution < -0.4 is 5.73 Å². The number of hydrogen-bond acceptors (Lipinski definition) is 4. The average molecular weight is 330 g/mol. The Morgan fingerprint density at radius 2 is 1.95 bits per heavy atom. The summed E-state index contributed by atoms with van der Waals surface area (Å²) in [6.45, 7) is 4.44. The van der Waals surface area contributed by atoms with Crippen LogP contribution in [0.15, 0.2) is 24.3 Å². The molecule has 0 fully saturated rings. The van der Waals surface area contributed by atoms with Crippen LogP contribution in [-0.2, 0) is 20.5 Å². The molecule has 1 aromatic rings. The van der Waals surface area contributed by atoms with Crippen LogP contribution >= 0.6 is 12.2 Å². The van der Waals surface area contributed by atoms with Crippen LogP contribution in [-0.4, -0.2) is 44.0 Å². The number of benzene rings is 1. The van der Waals surface area contributed by atoms with Crippen molar-refractivity contribution in [2.45, 2.75) is 25.6 Å². The minimum atomic E-state index is -3.39. The maximum absolute atomic E-state index is 12.5. The first kappa shape index (κ1) is 18.0. The van der Waals surface area contributed by atoms with Gasteiger partial charge in [-0.05, 0) is 12.5 Å². The normalized spacial score (nSPS) is 13.3. The molecule has 0 aliphatic heterocycles. The molecule has 0 radical (unpaired) electrons. The molecule has 1 atom stereocenters. The third-order valence-corrected chi connectivity index (χ3v) is 5.42. The van der Waals surface area contributed by atoms with Crippen molar-refractivity contribution in [3.8, 4) is 0 Å². The highest BCUT2D eigenvalue weighted by molar-refractivity contribution is 7.88. The van der Waals surface area contributed by atoms with Crippen molar-refractivity contribution in [3.63, 3.8) is 0 Å². The number of rotatable bonds is 8. The number of sulfonamides is 1. The van der Waals surface area contributed by atoms with Gasteiger partial charge in [0.25, 0.3) is 0 Å². The minimum Gasteiger partial charge on any atom is -0.389 e. The van der Waals surface area contributed by atoms with E-state index >= 15 is 0 Å². The van der Waals surface area contributed by atoms with Gasteiger partial charge in [0.2, 0.25) is 10.0 Å². The number of ether oxygens (including phenoxy) is 1. The SMILES string of the molecule is CCN(C(C)COC)S(=O)(=O)Cc1ccc(C(N)=S)cc1. The third-order valence-electron chi connectivity index (χ3n) is 3.16. The lowest BCUT2D eigenvalue weighted by molar-refractivity contribution is 0.142. The fraction of sp³-hybridized carbons (Fsp3) is 0.500. The van der Waals surface area contributed by atoms with E-state index in [1.807, 2.05) is 13.8 Å². The average Bonchev–Trinajstić information content (AvgIpc) is 2.39. The van der Waals surface area contributed by atoms with Gasteiger partial charge >= 0.3 is 0 Å². The van der Waals surface area contributed by atoms with Crippen LogP contribution in [0.5, 0.6) is 0 Å². The molecule has 5 nitrogen and oxygen atoms in total. The summed E-state index contributed by atoms with van der Waals surface area (Å²) in [7, 11) is -1.83. The minimum absolute atomic E-state index is 0.0491. The molecule has 0 saturated heterocycles. The third kappa shape index (κ3) is 5.03. The second-order valence-electron chi connectivity index (χ2n) is 4.83. The van der Waals surface area contributed by atoms with Gasteiger partial charge in [0.05, 0.1) is 12.4 Å². The van der Waals surface area contributed by atoms with Crippen molar-refractivity contribution in [2.75, 3.05) is 20.3 Å². The van der Waals surface area contributed by atoms with Gasteiger partial charge in [0, 0.05) is 25.3 Å². The number of thiocarbonyl (C=S) groups is 1. The Balaban J connectivity index is 2.90. The lowest BCUT2D eigenvalue weighted by Gasteiger charge is -2.26. The zero-order valence-corrected chi connectivity index (χ0v) is 14.2. The van der Waals surface area contributed by atoms with E-state index in [0.29, 0.717) is 23.7 Å². The van der Waals surface area contributed by atoms with Gasteiger partial charge in [-0.1, -0.05) is 43.4 Å². The Hall–Kier alpha value is -1.02. The first-order valence-electron chi connectivity index (χ1n) is 6.69. The van der Waals surface area contributed by atoms with Crippen molar-refractivity contribution < 1.29 is 13.2 Å². The molecular weight excluding hydrogens is 308 g/mol. The van der Waals surface area contributed by atoms with E-state index in [1.54, 1.807) is 31.4 Å². The highest BCUT2D eigenvalue weighted by Crippen LogP contribution is 2.15. The predicted molar refractivity (Wildman–Crippen MR) is 88.7 cm³/mol. The molecule has 0 heterocycles. The van der Waals surface area contributed by atoms with Gasteiger partial charge < -0.3 is 10.5 Å². The summed E-state index contributed by atoms with van der Waals surface area (Å²) in [6.07, 6.45) is 0. The topological polar surface area (TPSA) is 72.6 Å². The molecule has 1 rings (SSSR count). The number of nitrogens with zero attached hydrogens (tertiary/aromatic N) is 1. The summed E-state index contributed by atoms with van der Waals surface area (Å²) in [6, 6.07) is 6.76. The van der Waals surface area contributed by atoms with Gasteiger partial charge in [0.1, 0.15) is 4.99 Å². The van der Waals surface area contributed by atoms with E-state index < -0.39 is 10.0 Å². The Morgan fingerprint density at radius 1 is 1.38 bits per heavy atom. The highest BCUT2D eigenvalue weighted by Gasteiger charge is 2.25. The van der Waals surface area contributed by atoms with E-state index in [4.69, 9.17) is 22.7 Å². The Labute approximate surface area is 132 Å². The van der Waals surface area contributed by atoms with Crippen LogP contribution in [0.2, 0.25) is 0 Å². The van der Waals surface area contributed by atoms with Crippen molar-refractivity contribution in [1.29, 1.82) is 0 Å². The summed E-state index contributed by atoms with van der Waals surface area (Å²) in [5.41, 5.74) is 6.96. The summed E-state index contributed by atoms with van der Waals surface area (Å²) >= 11 is 4.88. The van der Waals surface area contributed by atoms with Crippen molar-refractivity contribution in [2.24, 2.45) is 5.73 Å². The molecule has 0 bridgehead atoms. The van der Waals surface area contributed by atoms with Crippen LogP contribution in [0.25, 0.3) is 0 Å². The van der Waals surface area contributed by atoms with E-state index in [9.17, 15) is 8.42 Å². The second-order valence-corrected chi connectivity index (χ2v) is 7.19. The fourth-order valence-corrected chi connectivity index (χ4v) is 4.08. The van der Waals surface area contributed by atoms with Crippen molar-refractivity contribution >= 4 is 27.2 Å². The van der Waals surface area contributed by atoms with E-state index in [2.05, 4.69) is 0 Å². The number of likely N-dealkylation sites (N-methyl/N-ethyl adjacent to an activating group) is 1. The predicted octanol–water partition coefficient (Wildman–Crippen LogP) is 1.51. The van der Waals surface area contributed by atoms with E-state index in [-0.39, 0.29) is 11.8 Å². The fourth-order valence-electron chi connectivity index (χ4n) is 2.17. The van der Waals surface area contributed by atoms with Crippen LogP contribution in [0.3, 0.4) is 0 Å². The van der Waals surface area contributed by atoms with Crippen molar-refractivity contribution in [3.05, 3.63) is 35.4 Å². The molecular formula is C14H22N2O3S2. The van der Waals surface area contributed by atoms with Gasteiger partial charge in [-0.2, -0.15) is 4.31 Å². The molecule has 2 N–H and O–H groups in total. The summed E-state index contributed by atoms with van der Waals surface area (Å²) < 4.78 is 31.5. The molecule has 118 valence electrons. The maximum atomic E-state index is 12.5. The molecule has 0 aromatic heterocycles. The quantitative estimate of drug-likeness (QED) is 0.732. The summed E-state index contributed by atoms with van der Waals surface area (Å²) in [5.74, 6) is -0.0491. The standard InChI is InChI=1S/C14H22N2O3S2/c1-4-16(11(2)9-19-3)21(17,18)10-12-5-7-13(8-6-12)14(15)20/h5-8,11H,4,9-10H2,1-3H3,(H2,15,20). The Morgan fingerprint density at radius 3 is 2.38 bits per heavy atom. The zero-order valence-electron chi connectivity index (χ0n) is 12.6. The molecule has 21 heavy (non-hydrogen) atoms. The Kier molecular flexibility index (Phi) is 6.73. The largest absolute Gasteiger partial charge is 0.389 e. The van der Waals surface area contributed by atoms with Gasteiger partial charge in [-0.3, -0.25) is 0 Å². The van der Waals surface area contributed by atoms with Crippen molar-refractivity contribution in [1.82, 2.24) is 4.31 Å². The van der Waals surface area contributed by atoms with Gasteiger partial charge in [-0.25, -0.2) is 8.42 Å². The summed E-state index contributed by atoms with van der Waals surface area (Å²) in [4.78, 5) is 0.299. The zero-order chi connectivity index (χ0) is 16.0. The maximum Gasteiger partial charge on any atom is 0.218 e. The van der Waals surface area contributed by atoms with Gasteiger partial charge in [-0.15, -0.1) is 0 Å². The Bertz CT molecular complexity index is 570. The lowest BCUT2D eigenvalue weighted by atomic mass is 10.1. The summed E-state index contributed by atoms with van der Waals surface area (Å²) in [5, 5.41) is 0. The number of methoxy groups -OCH3 is 1. The smallest absolute Gasteiger partial charge is 0.218 e. The van der Waals surface area contributed by atoms with Crippen LogP contribution in [0, 0.1) is 0 Å². The number of nitrogens with two attached hydrogens (primary N) is 1. The van der Waals surface area contributed by atoms with E-state index in [1.165, 1.54) is 4.31 Å². The molecule has 0 amide bonds. The molecule has 0 aliphatic carbocycles. The molecule has 0 saturated carbocycles. The molecule has 0 aliphatic rings. The number of hydrogen-bond donors (Lipinski definition) is 1. The van der Waals surface area contributed by atoms with Crippen LogP contribution in [0.1, 0.15) is 25.0 Å². The molecule has 1 unspecified atom stereocenters.